The molecule has 2 atom stereocenters. The molecule has 0 radical (unpaired) electrons. The van der Waals surface area contributed by atoms with Gasteiger partial charge in [-0.25, -0.2) is 0 Å². The molecule has 3 nitrogen and oxygen atoms in total. The fourth-order valence-corrected chi connectivity index (χ4v) is 1.24. The molecule has 0 amide bonds. The average molecular weight is 145 g/mol. The summed E-state index contributed by atoms with van der Waals surface area (Å²) in [5.41, 5.74) is 4.94. The first-order chi connectivity index (χ1) is 4.69. The lowest BCUT2D eigenvalue weighted by Crippen LogP contribution is -2.48. The van der Waals surface area contributed by atoms with E-state index >= 15 is 0 Å². The Labute approximate surface area is 61.2 Å². The van der Waals surface area contributed by atoms with Crippen molar-refractivity contribution in [1.82, 2.24) is 0 Å². The zero-order valence-corrected chi connectivity index (χ0v) is 6.34. The summed E-state index contributed by atoms with van der Waals surface area (Å²) < 4.78 is 5.05. The highest BCUT2D eigenvalue weighted by Gasteiger charge is 2.37. The number of hydrogen-bond donors (Lipinski definition) is 2. The molecule has 0 spiro atoms. The van der Waals surface area contributed by atoms with Crippen LogP contribution in [0, 0.1) is 0 Å². The third-order valence-electron chi connectivity index (χ3n) is 2.16. The molecular weight excluding hydrogens is 130 g/mol. The number of nitrogens with two attached hydrogens (primary N) is 1. The summed E-state index contributed by atoms with van der Waals surface area (Å²) in [6.45, 7) is 3.02. The van der Waals surface area contributed by atoms with Crippen LogP contribution in [0.15, 0.2) is 0 Å². The second kappa shape index (κ2) is 2.86. The van der Waals surface area contributed by atoms with Crippen molar-refractivity contribution in [2.45, 2.75) is 31.4 Å². The van der Waals surface area contributed by atoms with Gasteiger partial charge in [-0.3, -0.25) is 0 Å². The van der Waals surface area contributed by atoms with Gasteiger partial charge in [0.1, 0.15) is 5.60 Å². The lowest BCUT2D eigenvalue weighted by atomic mass is 9.92. The minimum atomic E-state index is -0.741. The van der Waals surface area contributed by atoms with Gasteiger partial charge in [0.2, 0.25) is 0 Å². The van der Waals surface area contributed by atoms with Gasteiger partial charge in [-0.1, -0.05) is 6.92 Å². The van der Waals surface area contributed by atoms with Gasteiger partial charge >= 0.3 is 0 Å². The Hall–Kier alpha value is -0.120. The van der Waals surface area contributed by atoms with Gasteiger partial charge in [0.15, 0.2) is 0 Å². The summed E-state index contributed by atoms with van der Waals surface area (Å²) >= 11 is 0. The Morgan fingerprint density at radius 3 is 2.90 bits per heavy atom. The predicted octanol–water partition coefficient (Wildman–Crippen LogP) is -0.125. The summed E-state index contributed by atoms with van der Waals surface area (Å²) in [6.07, 6.45) is 1.49. The monoisotopic (exact) mass is 145 g/mol. The molecule has 60 valence electrons. The summed E-state index contributed by atoms with van der Waals surface area (Å²) in [7, 11) is 0. The van der Waals surface area contributed by atoms with Crippen LogP contribution in [0.25, 0.3) is 0 Å². The van der Waals surface area contributed by atoms with Crippen LogP contribution >= 0.6 is 0 Å². The van der Waals surface area contributed by atoms with Crippen molar-refractivity contribution in [3.63, 3.8) is 0 Å². The van der Waals surface area contributed by atoms with Crippen molar-refractivity contribution in [3.05, 3.63) is 0 Å². The van der Waals surface area contributed by atoms with E-state index in [2.05, 4.69) is 0 Å². The van der Waals surface area contributed by atoms with Crippen LogP contribution in [-0.4, -0.2) is 30.0 Å². The molecule has 3 heteroatoms. The van der Waals surface area contributed by atoms with E-state index in [1.165, 1.54) is 0 Å². The van der Waals surface area contributed by atoms with Crippen molar-refractivity contribution < 1.29 is 9.84 Å². The van der Waals surface area contributed by atoms with E-state index in [4.69, 9.17) is 10.5 Å². The van der Waals surface area contributed by atoms with E-state index < -0.39 is 5.60 Å². The van der Waals surface area contributed by atoms with Gasteiger partial charge in [-0.2, -0.15) is 0 Å². The zero-order valence-electron chi connectivity index (χ0n) is 6.34. The van der Waals surface area contributed by atoms with Crippen LogP contribution in [0.5, 0.6) is 0 Å². The van der Waals surface area contributed by atoms with Gasteiger partial charge in [0.25, 0.3) is 0 Å². The molecule has 1 rings (SSSR count). The molecule has 1 aliphatic rings. The second-order valence-electron chi connectivity index (χ2n) is 2.92. The van der Waals surface area contributed by atoms with Crippen LogP contribution in [0.4, 0.5) is 0 Å². The summed E-state index contributed by atoms with van der Waals surface area (Å²) in [4.78, 5) is 0. The highest BCUT2D eigenvalue weighted by Crippen LogP contribution is 2.22. The fourth-order valence-electron chi connectivity index (χ4n) is 1.24. The van der Waals surface area contributed by atoms with Crippen LogP contribution < -0.4 is 5.73 Å². The van der Waals surface area contributed by atoms with Crippen molar-refractivity contribution in [3.8, 4) is 0 Å². The van der Waals surface area contributed by atoms with Crippen LogP contribution in [-0.2, 0) is 4.74 Å². The molecular formula is C7H15NO2. The van der Waals surface area contributed by atoms with E-state index in [1.54, 1.807) is 0 Å². The second-order valence-corrected chi connectivity index (χ2v) is 2.92. The minimum absolute atomic E-state index is 0.130. The maximum atomic E-state index is 9.71. The Morgan fingerprint density at radius 2 is 2.50 bits per heavy atom. The number of aliphatic hydroxyl groups is 1. The van der Waals surface area contributed by atoms with Gasteiger partial charge in [-0.15, -0.1) is 0 Å². The first-order valence-corrected chi connectivity index (χ1v) is 3.75. The van der Waals surface area contributed by atoms with Gasteiger partial charge < -0.3 is 15.6 Å². The molecule has 3 N–H and O–H groups in total. The molecule has 0 bridgehead atoms. The quantitative estimate of drug-likeness (QED) is 0.569. The first kappa shape index (κ1) is 7.98. The van der Waals surface area contributed by atoms with Crippen molar-refractivity contribution in [2.24, 2.45) is 5.73 Å². The molecule has 0 aliphatic carbocycles. The average Bonchev–Trinajstić information content (AvgIpc) is 2.36. The Balaban J connectivity index is 2.49. The molecule has 1 fully saturated rings. The van der Waals surface area contributed by atoms with Crippen LogP contribution in [0.2, 0.25) is 0 Å². The maximum absolute atomic E-state index is 9.71. The molecule has 0 saturated carbocycles. The molecule has 1 saturated heterocycles. The predicted molar refractivity (Wildman–Crippen MR) is 38.7 cm³/mol. The van der Waals surface area contributed by atoms with Crippen LogP contribution in [0.1, 0.15) is 19.8 Å². The topological polar surface area (TPSA) is 55.5 Å². The third kappa shape index (κ3) is 1.31. The zero-order chi connectivity index (χ0) is 7.61. The van der Waals surface area contributed by atoms with Crippen molar-refractivity contribution >= 4 is 0 Å². The molecule has 10 heavy (non-hydrogen) atoms. The highest BCUT2D eigenvalue weighted by atomic mass is 16.5. The van der Waals surface area contributed by atoms with Gasteiger partial charge in [0, 0.05) is 19.1 Å². The molecule has 0 aromatic carbocycles. The largest absolute Gasteiger partial charge is 0.386 e. The van der Waals surface area contributed by atoms with Crippen LogP contribution in [0.3, 0.4) is 0 Å². The van der Waals surface area contributed by atoms with E-state index in [-0.39, 0.29) is 6.04 Å². The highest BCUT2D eigenvalue weighted by molar-refractivity contribution is 4.91. The number of rotatable bonds is 2. The molecule has 1 heterocycles. The molecule has 0 aromatic rings. The number of hydrogen-bond acceptors (Lipinski definition) is 3. The first-order valence-electron chi connectivity index (χ1n) is 3.75. The number of ether oxygens (including phenoxy) is 1. The molecule has 0 aromatic heterocycles. The van der Waals surface area contributed by atoms with Crippen molar-refractivity contribution in [1.29, 1.82) is 0 Å². The standard InChI is InChI=1S/C7H15NO2/c1-2-6(8)7(9)3-4-10-5-7/h6,9H,2-5,8H2,1H3. The Morgan fingerprint density at radius 1 is 1.80 bits per heavy atom. The summed E-state index contributed by atoms with van der Waals surface area (Å²) in [5.74, 6) is 0. The SMILES string of the molecule is CCC(N)C1(O)CCOC1. The van der Waals surface area contributed by atoms with Crippen molar-refractivity contribution in [2.75, 3.05) is 13.2 Å². The normalized spacial score (nSPS) is 36.3. The minimum Gasteiger partial charge on any atom is -0.386 e. The van der Waals surface area contributed by atoms with Gasteiger partial charge in [-0.05, 0) is 6.42 Å². The van der Waals surface area contributed by atoms with E-state index in [0.717, 1.165) is 6.42 Å². The van der Waals surface area contributed by atoms with E-state index in [0.29, 0.717) is 19.6 Å². The van der Waals surface area contributed by atoms with Gasteiger partial charge in [0.05, 0.1) is 6.61 Å². The lowest BCUT2D eigenvalue weighted by Gasteiger charge is -2.26. The molecule has 1 aliphatic heterocycles. The summed E-state index contributed by atoms with van der Waals surface area (Å²) in [5, 5.41) is 9.71. The lowest BCUT2D eigenvalue weighted by molar-refractivity contribution is 0.00329. The van der Waals surface area contributed by atoms with E-state index in [1.807, 2.05) is 6.92 Å². The fraction of sp³-hybridized carbons (Fsp3) is 1.00. The summed E-state index contributed by atoms with van der Waals surface area (Å²) in [6, 6.07) is -0.130. The Bertz CT molecular complexity index is 110. The molecule has 2 unspecified atom stereocenters. The van der Waals surface area contributed by atoms with E-state index in [9.17, 15) is 5.11 Å². The smallest absolute Gasteiger partial charge is 0.105 e. The Kier molecular flexibility index (Phi) is 2.28. The third-order valence-corrected chi connectivity index (χ3v) is 2.16. The maximum Gasteiger partial charge on any atom is 0.105 e.